The molecule has 1 saturated carbocycles. The summed E-state index contributed by atoms with van der Waals surface area (Å²) in [6, 6.07) is -6.25. The van der Waals surface area contributed by atoms with Gasteiger partial charge in [0.15, 0.2) is 0 Å². The molecule has 294 valence electrons. The van der Waals surface area contributed by atoms with Gasteiger partial charge in [-0.2, -0.15) is 0 Å². The zero-order valence-corrected chi connectivity index (χ0v) is 31.1. The van der Waals surface area contributed by atoms with E-state index in [1.807, 2.05) is 20.8 Å². The van der Waals surface area contributed by atoms with Gasteiger partial charge < -0.3 is 46.4 Å². The van der Waals surface area contributed by atoms with Crippen molar-refractivity contribution in [3.05, 3.63) is 0 Å². The number of hydrogen-bond donors (Lipinski definition) is 7. The molecule has 0 aromatic heterocycles. The minimum atomic E-state index is -1.65. The molecule has 6 amide bonds. The number of aliphatic carboxylic acids is 1. The Labute approximate surface area is 306 Å². The van der Waals surface area contributed by atoms with Gasteiger partial charge in [0.2, 0.25) is 35.4 Å². The van der Waals surface area contributed by atoms with Crippen molar-refractivity contribution in [2.24, 2.45) is 11.8 Å². The Morgan fingerprint density at radius 2 is 1.44 bits per heavy atom. The van der Waals surface area contributed by atoms with Gasteiger partial charge in [0.25, 0.3) is 0 Å². The molecule has 2 saturated heterocycles. The molecule has 16 heteroatoms. The average Bonchev–Trinajstić information content (AvgIpc) is 3.51. The summed E-state index contributed by atoms with van der Waals surface area (Å²) in [6.07, 6.45) is 5.37. The molecule has 0 aromatic rings. The normalized spacial score (nSPS) is 23.2. The van der Waals surface area contributed by atoms with Crippen LogP contribution in [-0.4, -0.2) is 129 Å². The van der Waals surface area contributed by atoms with Gasteiger partial charge in [0, 0.05) is 32.5 Å². The maximum absolute atomic E-state index is 13.9. The molecule has 52 heavy (non-hydrogen) atoms. The molecule has 0 radical (unpaired) electrons. The van der Waals surface area contributed by atoms with Gasteiger partial charge in [-0.3, -0.25) is 33.6 Å². The van der Waals surface area contributed by atoms with Gasteiger partial charge in [-0.05, 0) is 50.9 Å². The number of aliphatic hydroxyl groups is 2. The van der Waals surface area contributed by atoms with Crippen LogP contribution < -0.4 is 21.3 Å². The largest absolute Gasteiger partial charge is 0.481 e. The van der Waals surface area contributed by atoms with Gasteiger partial charge in [-0.1, -0.05) is 52.9 Å². The molecule has 0 aromatic carbocycles. The number of carbonyl (C=O) groups excluding carboxylic acids is 6. The highest BCUT2D eigenvalue weighted by Gasteiger charge is 2.44. The summed E-state index contributed by atoms with van der Waals surface area (Å²) >= 11 is 0. The van der Waals surface area contributed by atoms with Gasteiger partial charge in [0.1, 0.15) is 30.2 Å². The molecule has 3 rings (SSSR count). The number of rotatable bonds is 17. The van der Waals surface area contributed by atoms with E-state index in [0.29, 0.717) is 38.1 Å². The molecule has 0 bridgehead atoms. The number of nitrogens with one attached hydrogen (secondary N) is 4. The first kappa shape index (κ1) is 42.6. The molecule has 7 N–H and O–H groups in total. The number of carbonyl (C=O) groups is 7. The Hall–Kier alpha value is -3.79. The van der Waals surface area contributed by atoms with Gasteiger partial charge >= 0.3 is 5.97 Å². The SMILES string of the molecule is CCCNC(=O)[C@@H](NC(=O)[C@@H]1CC(O)CN1C(=O)[C@H](CC(=O)O)NC(=O)[C@@H]1CCCCN1C(=O)[C@@H](NC(=O)CCC1CCCCC1)C(C)C)C(C)O. The number of amides is 6. The smallest absolute Gasteiger partial charge is 0.305 e. The summed E-state index contributed by atoms with van der Waals surface area (Å²) in [4.78, 5) is 94.8. The molecule has 7 atom stereocenters. The molecule has 3 aliphatic rings. The Kier molecular flexibility index (Phi) is 16.8. The van der Waals surface area contributed by atoms with Crippen molar-refractivity contribution in [1.29, 1.82) is 0 Å². The van der Waals surface area contributed by atoms with Crippen LogP contribution in [0.25, 0.3) is 0 Å². The van der Waals surface area contributed by atoms with Crippen molar-refractivity contribution in [3.63, 3.8) is 0 Å². The van der Waals surface area contributed by atoms with Gasteiger partial charge in [0.05, 0.1) is 18.6 Å². The Bertz CT molecular complexity index is 1270. The first-order valence-electron chi connectivity index (χ1n) is 19.0. The third-order valence-electron chi connectivity index (χ3n) is 10.3. The van der Waals surface area contributed by atoms with Crippen molar-refractivity contribution < 1.29 is 48.9 Å². The number of piperidine rings is 1. The molecule has 2 aliphatic heterocycles. The zero-order chi connectivity index (χ0) is 38.5. The van der Waals surface area contributed by atoms with E-state index in [1.165, 1.54) is 18.2 Å². The van der Waals surface area contributed by atoms with E-state index in [4.69, 9.17) is 0 Å². The molecular weight excluding hydrogens is 676 g/mol. The molecule has 3 fully saturated rings. The van der Waals surface area contributed by atoms with E-state index in [9.17, 15) is 48.9 Å². The lowest BCUT2D eigenvalue weighted by atomic mass is 9.86. The predicted octanol–water partition coefficient (Wildman–Crippen LogP) is 0.182. The number of carboxylic acid groups (broad SMARTS) is 1. The number of hydrogen-bond acceptors (Lipinski definition) is 9. The molecule has 16 nitrogen and oxygen atoms in total. The Morgan fingerprint density at radius 1 is 0.788 bits per heavy atom. The summed E-state index contributed by atoms with van der Waals surface area (Å²) < 4.78 is 0. The van der Waals surface area contributed by atoms with E-state index in [2.05, 4.69) is 21.3 Å². The van der Waals surface area contributed by atoms with E-state index in [0.717, 1.165) is 37.0 Å². The molecule has 1 aliphatic carbocycles. The lowest BCUT2D eigenvalue weighted by Gasteiger charge is -2.38. The van der Waals surface area contributed by atoms with Crippen LogP contribution in [0.2, 0.25) is 0 Å². The van der Waals surface area contributed by atoms with Crippen LogP contribution in [-0.2, 0) is 33.6 Å². The lowest BCUT2D eigenvalue weighted by molar-refractivity contribution is -0.149. The van der Waals surface area contributed by atoms with Crippen molar-refractivity contribution in [2.45, 2.75) is 154 Å². The minimum absolute atomic E-state index is 0.220. The van der Waals surface area contributed by atoms with Crippen LogP contribution in [0.5, 0.6) is 0 Å². The average molecular weight is 737 g/mol. The van der Waals surface area contributed by atoms with Crippen molar-refractivity contribution in [2.75, 3.05) is 19.6 Å². The first-order valence-corrected chi connectivity index (χ1v) is 19.0. The van der Waals surface area contributed by atoms with E-state index in [1.54, 1.807) is 0 Å². The van der Waals surface area contributed by atoms with Gasteiger partial charge in [-0.15, -0.1) is 0 Å². The predicted molar refractivity (Wildman–Crippen MR) is 189 cm³/mol. The second-order valence-corrected chi connectivity index (χ2v) is 14.9. The standard InChI is InChI=1S/C36H60N6O10/c1-5-16-37-34(50)31(22(4)43)40-33(49)27-18-24(44)20-42(27)35(51)25(19-29(46)47)38-32(48)26-13-9-10-17-41(26)36(52)30(21(2)3)39-28(45)15-14-23-11-7-6-8-12-23/h21-27,30-31,43-44H,5-20H2,1-4H3,(H,37,50)(H,38,48)(H,39,45)(H,40,49)(H,46,47)/t22?,24?,25-,26-,27-,30-,31-/m0/s1. The van der Waals surface area contributed by atoms with E-state index < -0.39 is 84.3 Å². The summed E-state index contributed by atoms with van der Waals surface area (Å²) in [6.45, 7) is 6.96. The minimum Gasteiger partial charge on any atom is -0.481 e. The fourth-order valence-corrected chi connectivity index (χ4v) is 7.38. The summed E-state index contributed by atoms with van der Waals surface area (Å²) in [5.74, 6) is -5.02. The fourth-order valence-electron chi connectivity index (χ4n) is 7.38. The van der Waals surface area contributed by atoms with Crippen LogP contribution in [0, 0.1) is 11.8 Å². The molecular formula is C36H60N6O10. The highest BCUT2D eigenvalue weighted by molar-refractivity contribution is 5.98. The number of β-amino-alcohol motifs (C(OH)–C–C–N with tert-alkyl or cyclic N) is 1. The van der Waals surface area contributed by atoms with Crippen LogP contribution in [0.4, 0.5) is 0 Å². The van der Waals surface area contributed by atoms with Crippen LogP contribution >= 0.6 is 0 Å². The first-order chi connectivity index (χ1) is 24.6. The van der Waals surface area contributed by atoms with Crippen molar-refractivity contribution in [3.8, 4) is 0 Å². The number of aliphatic hydroxyl groups excluding tert-OH is 2. The molecule has 2 unspecified atom stereocenters. The zero-order valence-electron chi connectivity index (χ0n) is 31.1. The highest BCUT2D eigenvalue weighted by Crippen LogP contribution is 2.28. The van der Waals surface area contributed by atoms with E-state index >= 15 is 0 Å². The second-order valence-electron chi connectivity index (χ2n) is 14.9. The lowest BCUT2D eigenvalue weighted by Crippen LogP contribution is -2.61. The maximum atomic E-state index is 13.9. The van der Waals surface area contributed by atoms with Crippen LogP contribution in [0.3, 0.4) is 0 Å². The third-order valence-corrected chi connectivity index (χ3v) is 10.3. The molecule has 0 spiro atoms. The van der Waals surface area contributed by atoms with Crippen molar-refractivity contribution in [1.82, 2.24) is 31.1 Å². The topological polar surface area (TPSA) is 235 Å². The Balaban J connectivity index is 1.74. The highest BCUT2D eigenvalue weighted by atomic mass is 16.4. The quantitative estimate of drug-likeness (QED) is 0.107. The number of carboxylic acids is 1. The Morgan fingerprint density at radius 3 is 2.06 bits per heavy atom. The third kappa shape index (κ3) is 12.1. The fraction of sp³-hybridized carbons (Fsp3) is 0.806. The number of likely N-dealkylation sites (tertiary alicyclic amines) is 2. The van der Waals surface area contributed by atoms with E-state index in [-0.39, 0.29) is 37.8 Å². The summed E-state index contributed by atoms with van der Waals surface area (Å²) in [5, 5.41) is 40.8. The monoisotopic (exact) mass is 736 g/mol. The summed E-state index contributed by atoms with van der Waals surface area (Å²) in [5.41, 5.74) is 0. The maximum Gasteiger partial charge on any atom is 0.305 e. The second kappa shape index (κ2) is 20.5. The molecule has 2 heterocycles. The number of nitrogens with zero attached hydrogens (tertiary/aromatic N) is 2. The van der Waals surface area contributed by atoms with Crippen LogP contribution in [0.1, 0.15) is 111 Å². The van der Waals surface area contributed by atoms with Crippen LogP contribution in [0.15, 0.2) is 0 Å². The van der Waals surface area contributed by atoms with Gasteiger partial charge in [-0.25, -0.2) is 0 Å². The summed E-state index contributed by atoms with van der Waals surface area (Å²) in [7, 11) is 0. The van der Waals surface area contributed by atoms with Crippen molar-refractivity contribution >= 4 is 41.4 Å².